The van der Waals surface area contributed by atoms with Crippen molar-refractivity contribution >= 4 is 22.0 Å². The number of nitrogens with zero attached hydrogens (tertiary/aromatic N) is 3. The highest BCUT2D eigenvalue weighted by atomic mass is 32.2. The normalized spacial score (nSPS) is 11.9. The molecular weight excluding hydrogens is 435 g/mol. The number of hydrogen-bond acceptors (Lipinski definition) is 7. The lowest BCUT2D eigenvalue weighted by Crippen LogP contribution is -2.23. The number of anilines is 1. The van der Waals surface area contributed by atoms with Crippen molar-refractivity contribution < 1.29 is 21.6 Å². The van der Waals surface area contributed by atoms with Gasteiger partial charge in [-0.25, -0.2) is 18.8 Å². The van der Waals surface area contributed by atoms with Crippen LogP contribution in [0.4, 0.5) is 19.1 Å². The summed E-state index contributed by atoms with van der Waals surface area (Å²) in [7, 11) is -5.50. The van der Waals surface area contributed by atoms with Crippen LogP contribution in [0.25, 0.3) is 11.3 Å². The van der Waals surface area contributed by atoms with Crippen molar-refractivity contribution in [3.8, 4) is 17.3 Å². The monoisotopic (exact) mass is 447 g/mol. The predicted molar refractivity (Wildman–Crippen MR) is 106 cm³/mol. The summed E-state index contributed by atoms with van der Waals surface area (Å²) in [5.74, 6) is -0.127. The van der Waals surface area contributed by atoms with Crippen LogP contribution in [0.15, 0.2) is 69.4 Å². The number of nitriles is 1. The average Bonchev–Trinajstić information content (AvgIpc) is 2.73. The van der Waals surface area contributed by atoms with Crippen LogP contribution >= 0.6 is 0 Å². The quantitative estimate of drug-likeness (QED) is 0.457. The summed E-state index contributed by atoms with van der Waals surface area (Å²) in [5, 5.41) is 13.0. The molecule has 0 aliphatic heterocycles. The Hall–Kier alpha value is -3.98. The van der Waals surface area contributed by atoms with Crippen LogP contribution in [0.3, 0.4) is 0 Å². The van der Waals surface area contributed by atoms with Crippen molar-refractivity contribution in [1.29, 1.82) is 5.26 Å². The third kappa shape index (κ3) is 4.62. The van der Waals surface area contributed by atoms with E-state index in [1.165, 1.54) is 6.07 Å². The molecule has 1 heterocycles. The van der Waals surface area contributed by atoms with Crippen molar-refractivity contribution in [2.75, 3.05) is 5.43 Å². The zero-order chi connectivity index (χ0) is 22.6. The Bertz CT molecular complexity index is 1340. The fourth-order valence-corrected chi connectivity index (χ4v) is 3.31. The molecule has 0 aliphatic carbocycles. The zero-order valence-corrected chi connectivity index (χ0v) is 16.2. The van der Waals surface area contributed by atoms with E-state index in [2.05, 4.69) is 20.5 Å². The summed E-state index contributed by atoms with van der Waals surface area (Å²) >= 11 is 0. The Morgan fingerprint density at radius 2 is 1.84 bits per heavy atom. The van der Waals surface area contributed by atoms with Crippen LogP contribution in [-0.2, 0) is 9.84 Å². The minimum atomic E-state index is -5.50. The van der Waals surface area contributed by atoms with E-state index in [1.54, 1.807) is 36.4 Å². The molecule has 0 radical (unpaired) electrons. The third-order valence-electron chi connectivity index (χ3n) is 3.94. The molecule has 1 aromatic heterocycles. The smallest absolute Gasteiger partial charge is 0.290 e. The first-order chi connectivity index (χ1) is 14.6. The van der Waals surface area contributed by atoms with Gasteiger partial charge in [0, 0.05) is 5.56 Å². The van der Waals surface area contributed by atoms with Crippen LogP contribution < -0.4 is 11.0 Å². The summed E-state index contributed by atoms with van der Waals surface area (Å²) in [6, 6.07) is 14.3. The number of nitrogens with one attached hydrogen (secondary N) is 2. The van der Waals surface area contributed by atoms with Gasteiger partial charge in [0.1, 0.15) is 11.6 Å². The van der Waals surface area contributed by atoms with Gasteiger partial charge in [-0.3, -0.25) is 9.78 Å². The van der Waals surface area contributed by atoms with Gasteiger partial charge < -0.3 is 0 Å². The maximum absolute atomic E-state index is 12.7. The number of aromatic amines is 1. The van der Waals surface area contributed by atoms with Gasteiger partial charge in [-0.15, -0.1) is 0 Å². The third-order valence-corrected chi connectivity index (χ3v) is 5.42. The van der Waals surface area contributed by atoms with Crippen LogP contribution in [-0.4, -0.2) is 30.1 Å². The van der Waals surface area contributed by atoms with Gasteiger partial charge in [0.05, 0.1) is 16.8 Å². The molecule has 0 saturated carbocycles. The van der Waals surface area contributed by atoms with Gasteiger partial charge in [-0.2, -0.15) is 23.5 Å². The summed E-state index contributed by atoms with van der Waals surface area (Å²) in [5.41, 5.74) is -3.26. The Kier molecular flexibility index (Phi) is 5.89. The molecule has 12 heteroatoms. The lowest BCUT2D eigenvalue weighted by atomic mass is 10.1. The van der Waals surface area contributed by atoms with E-state index in [4.69, 9.17) is 0 Å². The summed E-state index contributed by atoms with van der Waals surface area (Å²) in [4.78, 5) is 17.7. The topological polar surface area (TPSA) is 128 Å². The molecule has 158 valence electrons. The zero-order valence-electron chi connectivity index (χ0n) is 15.4. The highest BCUT2D eigenvalue weighted by Crippen LogP contribution is 2.30. The molecule has 0 aliphatic rings. The fraction of sp³-hybridized carbons (Fsp3) is 0.0526. The molecule has 0 amide bonds. The summed E-state index contributed by atoms with van der Waals surface area (Å²) < 4.78 is 61.1. The van der Waals surface area contributed by atoms with Crippen molar-refractivity contribution in [2.45, 2.75) is 10.4 Å². The SMILES string of the molecule is N#Cc1c(-c2ccccc2)nc(NN=Cc2cccc(S(=O)(=O)C(F)(F)F)c2)[nH]c1=O. The molecule has 0 atom stereocenters. The number of H-pyrrole nitrogens is 1. The standard InChI is InChI=1S/C19H12F3N5O3S/c20-19(21,22)31(29,30)14-8-4-5-12(9-14)11-24-27-18-25-16(13-6-2-1-3-7-13)15(10-23)17(28)26-18/h1-9,11H,(H2,25,26,27,28). The molecule has 0 unspecified atom stereocenters. The van der Waals surface area contributed by atoms with Gasteiger partial charge in [-0.1, -0.05) is 42.5 Å². The number of hydrazone groups is 1. The number of hydrogen-bond donors (Lipinski definition) is 2. The molecule has 31 heavy (non-hydrogen) atoms. The van der Waals surface area contributed by atoms with E-state index < -0.39 is 25.8 Å². The van der Waals surface area contributed by atoms with Gasteiger partial charge in [0.2, 0.25) is 5.95 Å². The molecule has 8 nitrogen and oxygen atoms in total. The number of halogens is 3. The Morgan fingerprint density at radius 1 is 1.13 bits per heavy atom. The average molecular weight is 447 g/mol. The van der Waals surface area contributed by atoms with Gasteiger partial charge >= 0.3 is 5.51 Å². The van der Waals surface area contributed by atoms with Crippen LogP contribution in [0, 0.1) is 11.3 Å². The second kappa shape index (κ2) is 8.41. The van der Waals surface area contributed by atoms with Crippen molar-refractivity contribution in [3.05, 3.63) is 76.1 Å². The number of sulfone groups is 1. The molecular formula is C19H12F3N5O3S. The lowest BCUT2D eigenvalue weighted by Gasteiger charge is -2.08. The first-order valence-corrected chi connectivity index (χ1v) is 9.92. The van der Waals surface area contributed by atoms with Crippen LogP contribution in [0.1, 0.15) is 11.1 Å². The van der Waals surface area contributed by atoms with Gasteiger partial charge in [-0.05, 0) is 17.7 Å². The molecule has 0 saturated heterocycles. The van der Waals surface area contributed by atoms with Crippen molar-refractivity contribution in [1.82, 2.24) is 9.97 Å². The number of rotatable bonds is 5. The van der Waals surface area contributed by atoms with Crippen molar-refractivity contribution in [3.63, 3.8) is 0 Å². The van der Waals surface area contributed by atoms with Gasteiger partial charge in [0.25, 0.3) is 15.4 Å². The largest absolute Gasteiger partial charge is 0.501 e. The Labute approximate surface area is 173 Å². The molecule has 3 aromatic rings. The maximum atomic E-state index is 12.7. The van der Waals surface area contributed by atoms with Crippen LogP contribution in [0.5, 0.6) is 0 Å². The number of alkyl halides is 3. The minimum Gasteiger partial charge on any atom is -0.290 e. The Morgan fingerprint density at radius 3 is 2.48 bits per heavy atom. The second-order valence-electron chi connectivity index (χ2n) is 6.01. The summed E-state index contributed by atoms with van der Waals surface area (Å²) in [6.07, 6.45) is 1.05. The molecule has 2 aromatic carbocycles. The molecule has 0 spiro atoms. The highest BCUT2D eigenvalue weighted by molar-refractivity contribution is 7.92. The second-order valence-corrected chi connectivity index (χ2v) is 7.95. The van der Waals surface area contributed by atoms with E-state index >= 15 is 0 Å². The predicted octanol–water partition coefficient (Wildman–Crippen LogP) is 3.05. The minimum absolute atomic E-state index is 0.0529. The van der Waals surface area contributed by atoms with E-state index in [1.807, 2.05) is 0 Å². The molecule has 0 fully saturated rings. The highest BCUT2D eigenvalue weighted by Gasteiger charge is 2.46. The van der Waals surface area contributed by atoms with E-state index in [-0.39, 0.29) is 22.8 Å². The summed E-state index contributed by atoms with van der Waals surface area (Å²) in [6.45, 7) is 0. The van der Waals surface area contributed by atoms with E-state index in [0.717, 1.165) is 24.4 Å². The first-order valence-electron chi connectivity index (χ1n) is 8.44. The molecule has 0 bridgehead atoms. The molecule has 2 N–H and O–H groups in total. The Balaban J connectivity index is 1.89. The first kappa shape index (κ1) is 21.7. The maximum Gasteiger partial charge on any atom is 0.501 e. The van der Waals surface area contributed by atoms with Crippen molar-refractivity contribution in [2.24, 2.45) is 5.10 Å². The van der Waals surface area contributed by atoms with E-state index in [0.29, 0.717) is 5.56 Å². The van der Waals surface area contributed by atoms with Gasteiger partial charge in [0.15, 0.2) is 0 Å². The van der Waals surface area contributed by atoms with E-state index in [9.17, 15) is 31.6 Å². The molecule has 3 rings (SSSR count). The van der Waals surface area contributed by atoms with Crippen LogP contribution in [0.2, 0.25) is 0 Å². The lowest BCUT2D eigenvalue weighted by molar-refractivity contribution is -0.0436. The number of benzene rings is 2. The number of aromatic nitrogens is 2. The fourth-order valence-electron chi connectivity index (χ4n) is 2.50.